The minimum absolute atomic E-state index is 0.0155. The molecule has 2 radical (unpaired) electrons. The van der Waals surface area contributed by atoms with Crippen LogP contribution in [-0.2, 0) is 4.74 Å². The monoisotopic (exact) mass is 148 g/mol. The largest absolute Gasteiger partial charge is 0.463 e. The molecule has 0 aromatic carbocycles. The lowest BCUT2D eigenvalue weighted by Gasteiger charge is -1.95. The van der Waals surface area contributed by atoms with Gasteiger partial charge in [0.15, 0.2) is 0 Å². The molecule has 0 amide bonds. The number of hydrogen-bond acceptors (Lipinski definition) is 4. The fourth-order valence-corrected chi connectivity index (χ4v) is 0.535. The summed E-state index contributed by atoms with van der Waals surface area (Å²) in [6.07, 6.45) is 2.69. The van der Waals surface area contributed by atoms with Crippen molar-refractivity contribution in [1.29, 1.82) is 0 Å². The number of carbonyl (C=O) groups is 1. The molecule has 1 aromatic rings. The Bertz CT molecular complexity index is 260. The fraction of sp³-hybridized carbons (Fsp3) is 0.167. The first-order valence-corrected chi connectivity index (χ1v) is 2.90. The van der Waals surface area contributed by atoms with Gasteiger partial charge in [0.2, 0.25) is 5.82 Å². The third kappa shape index (κ3) is 1.76. The number of nitrogens with zero attached hydrogens (tertiary/aromatic N) is 2. The maximum absolute atomic E-state index is 10.7. The van der Waals surface area contributed by atoms with Gasteiger partial charge in [-0.25, -0.2) is 14.8 Å². The van der Waals surface area contributed by atoms with Crippen LogP contribution in [0.1, 0.15) is 10.6 Å². The van der Waals surface area contributed by atoms with E-state index in [-0.39, 0.29) is 5.82 Å². The van der Waals surface area contributed by atoms with Crippen LogP contribution in [-0.4, -0.2) is 30.9 Å². The summed E-state index contributed by atoms with van der Waals surface area (Å²) in [4.78, 5) is 18.0. The van der Waals surface area contributed by atoms with Crippen LogP contribution in [0, 0.1) is 0 Å². The number of aromatic nitrogens is 2. The number of ether oxygens (including phenoxy) is 1. The first kappa shape index (κ1) is 7.72. The molecule has 0 bridgehead atoms. The molecular formula is C6H5BN2O2. The van der Waals surface area contributed by atoms with Crippen molar-refractivity contribution in [2.45, 2.75) is 0 Å². The van der Waals surface area contributed by atoms with Crippen LogP contribution >= 0.6 is 0 Å². The van der Waals surface area contributed by atoms with Crippen LogP contribution in [0.5, 0.6) is 0 Å². The Kier molecular flexibility index (Phi) is 2.20. The summed E-state index contributed by atoms with van der Waals surface area (Å²) in [6, 6.07) is 0. The fourth-order valence-electron chi connectivity index (χ4n) is 0.535. The number of carbonyl (C=O) groups excluding carboxylic acids is 1. The maximum atomic E-state index is 10.7. The molecule has 0 fully saturated rings. The van der Waals surface area contributed by atoms with Gasteiger partial charge in [0.05, 0.1) is 7.11 Å². The Morgan fingerprint density at radius 1 is 1.55 bits per heavy atom. The highest BCUT2D eigenvalue weighted by molar-refractivity contribution is 6.31. The second kappa shape index (κ2) is 3.14. The molecule has 0 aliphatic heterocycles. The van der Waals surface area contributed by atoms with Crippen molar-refractivity contribution in [3.05, 3.63) is 18.2 Å². The molecule has 0 saturated carbocycles. The smallest absolute Gasteiger partial charge is 0.376 e. The third-order valence-corrected chi connectivity index (χ3v) is 1.04. The molecule has 54 valence electrons. The molecule has 1 aromatic heterocycles. The molecule has 5 heteroatoms. The second-order valence-corrected chi connectivity index (χ2v) is 1.83. The molecule has 0 saturated heterocycles. The van der Waals surface area contributed by atoms with Crippen molar-refractivity contribution in [2.24, 2.45) is 0 Å². The maximum Gasteiger partial charge on any atom is 0.376 e. The van der Waals surface area contributed by atoms with Crippen LogP contribution in [0.2, 0.25) is 0 Å². The van der Waals surface area contributed by atoms with E-state index in [4.69, 9.17) is 7.85 Å². The van der Waals surface area contributed by atoms with E-state index in [1.54, 1.807) is 0 Å². The highest BCUT2D eigenvalue weighted by atomic mass is 16.5. The van der Waals surface area contributed by atoms with E-state index >= 15 is 0 Å². The van der Waals surface area contributed by atoms with Crippen molar-refractivity contribution in [3.8, 4) is 0 Å². The summed E-state index contributed by atoms with van der Waals surface area (Å²) in [5, 5.41) is 0. The van der Waals surface area contributed by atoms with Crippen LogP contribution in [0.4, 0.5) is 0 Å². The van der Waals surface area contributed by atoms with E-state index in [1.165, 1.54) is 19.5 Å². The molecule has 0 N–H and O–H groups in total. The van der Waals surface area contributed by atoms with Crippen molar-refractivity contribution >= 4 is 19.3 Å². The van der Waals surface area contributed by atoms with Crippen molar-refractivity contribution in [3.63, 3.8) is 0 Å². The molecular weight excluding hydrogens is 143 g/mol. The predicted molar refractivity (Wildman–Crippen MR) is 38.8 cm³/mol. The van der Waals surface area contributed by atoms with E-state index in [9.17, 15) is 4.79 Å². The lowest BCUT2D eigenvalue weighted by molar-refractivity contribution is 0.0587. The van der Waals surface area contributed by atoms with Crippen molar-refractivity contribution in [2.75, 3.05) is 7.11 Å². The summed E-state index contributed by atoms with van der Waals surface area (Å²) in [5.74, 6) is -0.549. The lowest BCUT2D eigenvalue weighted by Crippen LogP contribution is -2.12. The Hall–Kier alpha value is -1.39. The molecule has 0 unspecified atom stereocenters. The number of methoxy groups -OCH3 is 1. The minimum Gasteiger partial charge on any atom is -0.463 e. The molecule has 1 heterocycles. The normalized spacial score (nSPS) is 9.18. The lowest BCUT2D eigenvalue weighted by atomic mass is 10.0. The van der Waals surface area contributed by atoms with Gasteiger partial charge in [0, 0.05) is 12.4 Å². The van der Waals surface area contributed by atoms with Crippen LogP contribution < -0.4 is 5.46 Å². The molecule has 11 heavy (non-hydrogen) atoms. The topological polar surface area (TPSA) is 52.1 Å². The average Bonchev–Trinajstić information content (AvgIpc) is 2.05. The Morgan fingerprint density at radius 3 is 2.55 bits per heavy atom. The van der Waals surface area contributed by atoms with Crippen LogP contribution in [0.3, 0.4) is 0 Å². The first-order chi connectivity index (χ1) is 5.24. The van der Waals surface area contributed by atoms with Gasteiger partial charge in [-0.3, -0.25) is 0 Å². The molecule has 0 atom stereocenters. The number of rotatable bonds is 1. The zero-order chi connectivity index (χ0) is 8.27. The van der Waals surface area contributed by atoms with Crippen molar-refractivity contribution in [1.82, 2.24) is 9.97 Å². The van der Waals surface area contributed by atoms with Gasteiger partial charge in [-0.05, 0) is 0 Å². The SMILES string of the molecule is [B]c1cnc(C(=O)OC)nc1. The van der Waals surface area contributed by atoms with E-state index < -0.39 is 5.97 Å². The van der Waals surface area contributed by atoms with Gasteiger partial charge < -0.3 is 4.74 Å². The minimum atomic E-state index is -0.565. The zero-order valence-electron chi connectivity index (χ0n) is 5.94. The van der Waals surface area contributed by atoms with E-state index in [1.807, 2.05) is 0 Å². The van der Waals surface area contributed by atoms with Gasteiger partial charge in [-0.2, -0.15) is 0 Å². The molecule has 0 aliphatic carbocycles. The van der Waals surface area contributed by atoms with Crippen molar-refractivity contribution < 1.29 is 9.53 Å². The summed E-state index contributed by atoms with van der Waals surface area (Å²) < 4.78 is 4.37. The highest BCUT2D eigenvalue weighted by Crippen LogP contribution is 1.87. The molecule has 1 rings (SSSR count). The Balaban J connectivity index is 2.90. The Morgan fingerprint density at radius 2 is 2.09 bits per heavy atom. The quantitative estimate of drug-likeness (QED) is 0.380. The van der Waals surface area contributed by atoms with Gasteiger partial charge in [0.1, 0.15) is 7.85 Å². The zero-order valence-corrected chi connectivity index (χ0v) is 5.94. The van der Waals surface area contributed by atoms with E-state index in [2.05, 4.69) is 14.7 Å². The van der Waals surface area contributed by atoms with Crippen LogP contribution in [0.15, 0.2) is 12.4 Å². The van der Waals surface area contributed by atoms with Gasteiger partial charge in [0.25, 0.3) is 0 Å². The van der Waals surface area contributed by atoms with E-state index in [0.29, 0.717) is 5.46 Å². The van der Waals surface area contributed by atoms with Crippen LogP contribution in [0.25, 0.3) is 0 Å². The average molecular weight is 148 g/mol. The number of hydrogen-bond donors (Lipinski definition) is 0. The Labute approximate surface area is 65.0 Å². The third-order valence-electron chi connectivity index (χ3n) is 1.04. The molecule has 4 nitrogen and oxygen atoms in total. The standard InChI is InChI=1S/C6H5BN2O2/c1-11-6(10)5-8-2-4(7)3-9-5/h2-3H,1H3. The highest BCUT2D eigenvalue weighted by Gasteiger charge is 2.06. The summed E-state index contributed by atoms with van der Waals surface area (Å²) in [5.41, 5.74) is 0.414. The second-order valence-electron chi connectivity index (χ2n) is 1.83. The summed E-state index contributed by atoms with van der Waals surface area (Å²) in [6.45, 7) is 0. The summed E-state index contributed by atoms with van der Waals surface area (Å²) in [7, 11) is 6.56. The van der Waals surface area contributed by atoms with Gasteiger partial charge >= 0.3 is 5.97 Å². The molecule has 0 spiro atoms. The van der Waals surface area contributed by atoms with E-state index in [0.717, 1.165) is 0 Å². The number of esters is 1. The summed E-state index contributed by atoms with van der Waals surface area (Å²) >= 11 is 0. The van der Waals surface area contributed by atoms with Gasteiger partial charge in [-0.1, -0.05) is 5.46 Å². The first-order valence-electron chi connectivity index (χ1n) is 2.90. The predicted octanol–water partition coefficient (Wildman–Crippen LogP) is -0.943. The molecule has 0 aliphatic rings. The van der Waals surface area contributed by atoms with Gasteiger partial charge in [-0.15, -0.1) is 0 Å².